The second-order valence-electron chi connectivity index (χ2n) is 12.9. The van der Waals surface area contributed by atoms with Crippen LogP contribution in [0, 0.1) is 5.92 Å². The number of fused-ring (bicyclic) bond motifs is 3. The van der Waals surface area contributed by atoms with E-state index in [0.717, 1.165) is 30.6 Å². The van der Waals surface area contributed by atoms with Gasteiger partial charge in [0.1, 0.15) is 11.3 Å². The number of hydrogen-bond donors (Lipinski definition) is 2. The van der Waals surface area contributed by atoms with Crippen LogP contribution in [0.5, 0.6) is 0 Å². The second-order valence-corrected chi connectivity index (χ2v) is 12.9. The van der Waals surface area contributed by atoms with Gasteiger partial charge in [0.05, 0.1) is 12.2 Å². The minimum absolute atomic E-state index is 0.165. The average Bonchev–Trinajstić information content (AvgIpc) is 3.48. The minimum Gasteiger partial charge on any atom is -0.460 e. The van der Waals surface area contributed by atoms with Crippen molar-refractivity contribution < 1.29 is 4.42 Å². The van der Waals surface area contributed by atoms with E-state index in [2.05, 4.69) is 102 Å². The van der Waals surface area contributed by atoms with Crippen molar-refractivity contribution in [2.75, 3.05) is 0 Å². The Morgan fingerprint density at radius 2 is 1.67 bits per heavy atom. The van der Waals surface area contributed by atoms with Crippen molar-refractivity contribution in [2.45, 2.75) is 82.8 Å². The minimum atomic E-state index is 0.165. The first-order valence-corrected chi connectivity index (χ1v) is 16.6. The van der Waals surface area contributed by atoms with Crippen LogP contribution < -0.4 is 10.6 Å². The average molecular weight is 567 g/mol. The zero-order valence-corrected chi connectivity index (χ0v) is 25.1. The van der Waals surface area contributed by atoms with Crippen LogP contribution in [0.4, 0.5) is 0 Å². The summed E-state index contributed by atoms with van der Waals surface area (Å²) in [6.45, 7) is 0. The molecular formula is C40H42N2O. The van der Waals surface area contributed by atoms with Crippen molar-refractivity contribution in [1.29, 1.82) is 0 Å². The van der Waals surface area contributed by atoms with Crippen LogP contribution in [0.2, 0.25) is 0 Å². The lowest BCUT2D eigenvalue weighted by atomic mass is 9.85. The summed E-state index contributed by atoms with van der Waals surface area (Å²) in [6.07, 6.45) is 32.6. The van der Waals surface area contributed by atoms with Gasteiger partial charge in [-0.25, -0.2) is 0 Å². The van der Waals surface area contributed by atoms with Crippen molar-refractivity contribution in [3.8, 4) is 11.1 Å². The lowest BCUT2D eigenvalue weighted by Gasteiger charge is -2.37. The van der Waals surface area contributed by atoms with E-state index in [0.29, 0.717) is 5.92 Å². The first-order chi connectivity index (χ1) is 21.3. The number of allylic oxidation sites excluding steroid dienone is 8. The molecule has 218 valence electrons. The third-order valence-corrected chi connectivity index (χ3v) is 10.1. The molecule has 3 nitrogen and oxygen atoms in total. The molecule has 0 radical (unpaired) electrons. The Balaban J connectivity index is 1.09. The summed E-state index contributed by atoms with van der Waals surface area (Å²) in [5, 5.41) is 9.15. The van der Waals surface area contributed by atoms with E-state index < -0.39 is 0 Å². The fraction of sp³-hybridized carbons (Fsp3) is 0.350. The van der Waals surface area contributed by atoms with Crippen LogP contribution in [0.25, 0.3) is 28.2 Å². The molecule has 0 amide bonds. The van der Waals surface area contributed by atoms with Crippen molar-refractivity contribution in [1.82, 2.24) is 10.6 Å². The van der Waals surface area contributed by atoms with Gasteiger partial charge >= 0.3 is 0 Å². The maximum atomic E-state index is 6.26. The van der Waals surface area contributed by atoms with Crippen molar-refractivity contribution >= 4 is 17.0 Å². The van der Waals surface area contributed by atoms with Crippen LogP contribution in [-0.4, -0.2) is 6.17 Å². The van der Waals surface area contributed by atoms with Gasteiger partial charge in [-0.05, 0) is 110 Å². The summed E-state index contributed by atoms with van der Waals surface area (Å²) in [4.78, 5) is 0. The topological polar surface area (TPSA) is 37.2 Å². The number of furan rings is 1. The summed E-state index contributed by atoms with van der Waals surface area (Å²) < 4.78 is 6.26. The smallest absolute Gasteiger partial charge is 0.135 e. The van der Waals surface area contributed by atoms with Crippen LogP contribution >= 0.6 is 0 Å². The van der Waals surface area contributed by atoms with Gasteiger partial charge in [0, 0.05) is 29.0 Å². The zero-order valence-electron chi connectivity index (χ0n) is 25.1. The molecule has 2 heterocycles. The van der Waals surface area contributed by atoms with Crippen LogP contribution in [-0.2, 0) is 6.42 Å². The summed E-state index contributed by atoms with van der Waals surface area (Å²) in [6, 6.07) is 15.9. The van der Waals surface area contributed by atoms with Crippen LogP contribution in [0.3, 0.4) is 0 Å². The molecule has 2 N–H and O–H groups in total. The predicted molar refractivity (Wildman–Crippen MR) is 178 cm³/mol. The van der Waals surface area contributed by atoms with Crippen LogP contribution in [0.1, 0.15) is 87.1 Å². The number of nitrogens with one attached hydrogen (secondary N) is 2. The Bertz CT molecular complexity index is 1710. The van der Waals surface area contributed by atoms with E-state index in [1.54, 1.807) is 5.57 Å². The normalized spacial score (nSPS) is 25.3. The Hall–Kier alpha value is -3.82. The van der Waals surface area contributed by atoms with E-state index in [4.69, 9.17) is 4.42 Å². The number of rotatable bonds is 5. The fourth-order valence-corrected chi connectivity index (χ4v) is 7.71. The number of aryl methyl sites for hydroxylation is 1. The lowest BCUT2D eigenvalue weighted by Crippen LogP contribution is -2.49. The molecule has 0 saturated heterocycles. The summed E-state index contributed by atoms with van der Waals surface area (Å²) >= 11 is 0. The van der Waals surface area contributed by atoms with Crippen molar-refractivity contribution in [3.05, 3.63) is 124 Å². The molecule has 0 saturated carbocycles. The standard InChI is InChI=1S/C40H42N2O/c1-3-10-27(11-4-1)28-18-22-30(23-19-28)35-26-36(42-40(41-35)32-12-5-2-6-13-32)31-24-20-29(21-25-31)33-15-9-17-38-39(33)34-14-7-8-16-37(34)43-38/h7,9-10,12,14-15,17-22,24-26,30,36,40-42H,1-6,8,11,13,16,23H2. The van der Waals surface area contributed by atoms with E-state index in [1.165, 1.54) is 95.8 Å². The van der Waals surface area contributed by atoms with Gasteiger partial charge in [0.15, 0.2) is 0 Å². The molecule has 2 aromatic carbocycles. The molecule has 8 rings (SSSR count). The zero-order chi connectivity index (χ0) is 28.6. The maximum absolute atomic E-state index is 6.26. The van der Waals surface area contributed by atoms with Gasteiger partial charge in [0.2, 0.25) is 0 Å². The highest BCUT2D eigenvalue weighted by Gasteiger charge is 2.29. The SMILES string of the molecule is C1=Cc2c(oc3cccc(-c4ccc(C5C=C(C6C=CC(C7=CCCCC7)=CC6)NC(C6=CCCCC6)N5)cc4)c23)CC1. The van der Waals surface area contributed by atoms with Crippen molar-refractivity contribution in [2.24, 2.45) is 5.92 Å². The molecule has 3 unspecified atom stereocenters. The lowest BCUT2D eigenvalue weighted by molar-refractivity contribution is 0.409. The Morgan fingerprint density at radius 3 is 2.47 bits per heavy atom. The molecule has 0 bridgehead atoms. The van der Waals surface area contributed by atoms with Gasteiger partial charge in [-0.15, -0.1) is 0 Å². The quantitative estimate of drug-likeness (QED) is 0.302. The first-order valence-electron chi connectivity index (χ1n) is 16.6. The molecule has 3 atom stereocenters. The van der Waals surface area contributed by atoms with Gasteiger partial charge < -0.3 is 9.73 Å². The molecule has 3 aromatic rings. The summed E-state index contributed by atoms with van der Waals surface area (Å²) in [7, 11) is 0. The molecule has 1 aliphatic heterocycles. The van der Waals surface area contributed by atoms with E-state index in [9.17, 15) is 0 Å². The maximum Gasteiger partial charge on any atom is 0.135 e. The summed E-state index contributed by atoms with van der Waals surface area (Å²) in [5.74, 6) is 1.51. The monoisotopic (exact) mass is 566 g/mol. The molecule has 5 aliphatic rings. The number of benzene rings is 2. The molecule has 0 fully saturated rings. The molecule has 0 spiro atoms. The second kappa shape index (κ2) is 11.7. The predicted octanol–water partition coefficient (Wildman–Crippen LogP) is 10.0. The third-order valence-electron chi connectivity index (χ3n) is 10.1. The largest absolute Gasteiger partial charge is 0.460 e. The molecular weight excluding hydrogens is 524 g/mol. The summed E-state index contributed by atoms with van der Waals surface area (Å²) in [5.41, 5.74) is 11.9. The highest BCUT2D eigenvalue weighted by atomic mass is 16.3. The molecule has 1 aromatic heterocycles. The number of hydrogen-bond acceptors (Lipinski definition) is 3. The van der Waals surface area contributed by atoms with E-state index in [1.807, 2.05) is 0 Å². The van der Waals surface area contributed by atoms with Gasteiger partial charge in [-0.1, -0.05) is 78.9 Å². The Kier molecular flexibility index (Phi) is 7.28. The molecule has 4 aliphatic carbocycles. The molecule has 3 heteroatoms. The molecule has 43 heavy (non-hydrogen) atoms. The highest BCUT2D eigenvalue weighted by molar-refractivity contribution is 6.01. The van der Waals surface area contributed by atoms with E-state index in [-0.39, 0.29) is 12.2 Å². The van der Waals surface area contributed by atoms with Gasteiger partial charge in [-0.2, -0.15) is 0 Å². The Labute approximate surface area is 255 Å². The van der Waals surface area contributed by atoms with Gasteiger partial charge in [0.25, 0.3) is 0 Å². The highest BCUT2D eigenvalue weighted by Crippen LogP contribution is 2.39. The van der Waals surface area contributed by atoms with E-state index >= 15 is 0 Å². The first kappa shape index (κ1) is 26.8. The Morgan fingerprint density at radius 1 is 0.791 bits per heavy atom. The fourth-order valence-electron chi connectivity index (χ4n) is 7.71. The van der Waals surface area contributed by atoms with Gasteiger partial charge in [-0.3, -0.25) is 5.32 Å². The third kappa shape index (κ3) is 5.29. The van der Waals surface area contributed by atoms with Crippen LogP contribution in [0.15, 0.2) is 112 Å². The van der Waals surface area contributed by atoms with Crippen molar-refractivity contribution in [3.63, 3.8) is 0 Å².